The van der Waals surface area contributed by atoms with Crippen molar-refractivity contribution in [2.75, 3.05) is 13.1 Å². The number of rotatable bonds is 4. The maximum absolute atomic E-state index is 12.6. The van der Waals surface area contributed by atoms with Crippen LogP contribution in [-0.2, 0) is 11.2 Å². The molecule has 3 aromatic rings. The zero-order valence-electron chi connectivity index (χ0n) is 19.2. The predicted molar refractivity (Wildman–Crippen MR) is 136 cm³/mol. The van der Waals surface area contributed by atoms with Crippen LogP contribution in [-0.4, -0.2) is 45.8 Å². The number of halogens is 2. The van der Waals surface area contributed by atoms with Gasteiger partial charge < -0.3 is 15.4 Å². The molecule has 3 heterocycles. The first-order chi connectivity index (χ1) is 16.0. The van der Waals surface area contributed by atoms with Gasteiger partial charge in [-0.15, -0.1) is 16.4 Å². The lowest BCUT2D eigenvalue weighted by atomic mass is 9.92. The Hall–Kier alpha value is -2.42. The van der Waals surface area contributed by atoms with Crippen molar-refractivity contribution in [3.8, 4) is 10.4 Å². The molecule has 2 amide bonds. The SMILES string of the molecule is CC(C)(C)OC(=O)N1CCCC(Cc2nnc(C(N)=O)c3sc(-c4cc(Cl)cc(Cl)c4)cc23)C1. The molecular formula is C24H26Cl2N4O3S. The molecule has 1 unspecified atom stereocenters. The molecule has 10 heteroatoms. The van der Waals surface area contributed by atoms with E-state index in [4.69, 9.17) is 33.7 Å². The molecule has 0 spiro atoms. The standard InChI is InChI=1S/C24H26Cl2N4O3S/c1-24(2,3)33-23(32)30-6-4-5-13(12-30)7-18-17-11-19(14-8-15(25)10-16(26)9-14)34-21(17)20(22(27)31)29-28-18/h8-11,13H,4-7,12H2,1-3H3,(H2,27,31). The molecule has 1 aliphatic rings. The van der Waals surface area contributed by atoms with Crippen LogP contribution in [0.3, 0.4) is 0 Å². The van der Waals surface area contributed by atoms with E-state index < -0.39 is 11.5 Å². The van der Waals surface area contributed by atoms with Gasteiger partial charge in [0.25, 0.3) is 5.91 Å². The summed E-state index contributed by atoms with van der Waals surface area (Å²) in [4.78, 5) is 27.2. The second-order valence-electron chi connectivity index (χ2n) is 9.51. The van der Waals surface area contributed by atoms with Gasteiger partial charge in [-0.25, -0.2) is 4.79 Å². The van der Waals surface area contributed by atoms with Crippen molar-refractivity contribution < 1.29 is 14.3 Å². The molecule has 180 valence electrons. The van der Waals surface area contributed by atoms with Crippen molar-refractivity contribution in [3.63, 3.8) is 0 Å². The molecule has 0 radical (unpaired) electrons. The quantitative estimate of drug-likeness (QED) is 0.457. The first-order valence-electron chi connectivity index (χ1n) is 11.0. The van der Waals surface area contributed by atoms with Crippen LogP contribution in [0.4, 0.5) is 4.79 Å². The topological polar surface area (TPSA) is 98.4 Å². The van der Waals surface area contributed by atoms with Crippen molar-refractivity contribution in [3.05, 3.63) is 45.7 Å². The van der Waals surface area contributed by atoms with E-state index in [1.54, 1.807) is 11.0 Å². The van der Waals surface area contributed by atoms with E-state index >= 15 is 0 Å². The summed E-state index contributed by atoms with van der Waals surface area (Å²) in [6.45, 7) is 6.84. The number of carbonyl (C=O) groups is 2. The fourth-order valence-electron chi connectivity index (χ4n) is 4.14. The Morgan fingerprint density at radius 2 is 1.88 bits per heavy atom. The van der Waals surface area contributed by atoms with Crippen LogP contribution in [0.1, 0.15) is 49.8 Å². The average Bonchev–Trinajstić information content (AvgIpc) is 3.18. The summed E-state index contributed by atoms with van der Waals surface area (Å²) >= 11 is 13.8. The van der Waals surface area contributed by atoms with E-state index in [9.17, 15) is 9.59 Å². The highest BCUT2D eigenvalue weighted by atomic mass is 35.5. The van der Waals surface area contributed by atoms with Crippen LogP contribution in [0.2, 0.25) is 10.0 Å². The highest BCUT2D eigenvalue weighted by Gasteiger charge is 2.29. The molecular weight excluding hydrogens is 495 g/mol. The summed E-state index contributed by atoms with van der Waals surface area (Å²) < 4.78 is 6.23. The lowest BCUT2D eigenvalue weighted by Crippen LogP contribution is -2.43. The summed E-state index contributed by atoms with van der Waals surface area (Å²) in [5.41, 5.74) is 6.79. The van der Waals surface area contributed by atoms with E-state index in [0.717, 1.165) is 34.4 Å². The molecule has 1 aromatic carbocycles. The van der Waals surface area contributed by atoms with Gasteiger partial charge in [-0.1, -0.05) is 23.2 Å². The summed E-state index contributed by atoms with van der Waals surface area (Å²) in [6, 6.07) is 7.29. The van der Waals surface area contributed by atoms with Gasteiger partial charge in [0.15, 0.2) is 5.69 Å². The predicted octanol–water partition coefficient (Wildman–Crippen LogP) is 5.95. The van der Waals surface area contributed by atoms with E-state index in [1.807, 2.05) is 39.0 Å². The Kier molecular flexibility index (Phi) is 7.03. The Balaban J connectivity index is 1.65. The van der Waals surface area contributed by atoms with Gasteiger partial charge in [-0.3, -0.25) is 4.79 Å². The van der Waals surface area contributed by atoms with Gasteiger partial charge in [-0.05, 0) is 75.8 Å². The lowest BCUT2D eigenvalue weighted by molar-refractivity contribution is 0.0165. The molecule has 0 aliphatic carbocycles. The number of primary amides is 1. The molecule has 1 atom stereocenters. The minimum absolute atomic E-state index is 0.141. The van der Waals surface area contributed by atoms with Crippen LogP contribution in [0.15, 0.2) is 24.3 Å². The number of nitrogens with two attached hydrogens (primary N) is 1. The van der Waals surface area contributed by atoms with Gasteiger partial charge in [0.1, 0.15) is 5.60 Å². The second-order valence-corrected chi connectivity index (χ2v) is 11.4. The third kappa shape index (κ3) is 5.62. The molecule has 7 nitrogen and oxygen atoms in total. The molecule has 4 rings (SSSR count). The molecule has 34 heavy (non-hydrogen) atoms. The number of aromatic nitrogens is 2. The zero-order valence-corrected chi connectivity index (χ0v) is 21.6. The van der Waals surface area contributed by atoms with Crippen molar-refractivity contribution >= 4 is 56.6 Å². The molecule has 1 aliphatic heterocycles. The summed E-state index contributed by atoms with van der Waals surface area (Å²) in [7, 11) is 0. The number of nitrogens with zero attached hydrogens (tertiary/aromatic N) is 3. The largest absolute Gasteiger partial charge is 0.444 e. The zero-order chi connectivity index (χ0) is 24.6. The molecule has 2 N–H and O–H groups in total. The summed E-state index contributed by atoms with van der Waals surface area (Å²) in [6.07, 6.45) is 2.17. The molecule has 1 fully saturated rings. The molecule has 0 saturated carbocycles. The highest BCUT2D eigenvalue weighted by Crippen LogP contribution is 2.38. The number of amides is 2. The van der Waals surface area contributed by atoms with Crippen LogP contribution < -0.4 is 5.73 Å². The third-order valence-corrected chi connectivity index (χ3v) is 7.19. The number of hydrogen-bond acceptors (Lipinski definition) is 6. The number of thiophene rings is 1. The fourth-order valence-corrected chi connectivity index (χ4v) is 5.82. The minimum Gasteiger partial charge on any atom is -0.444 e. The summed E-state index contributed by atoms with van der Waals surface area (Å²) in [5, 5.41) is 10.4. The van der Waals surface area contributed by atoms with Crippen molar-refractivity contribution in [2.45, 2.75) is 45.6 Å². The number of carbonyl (C=O) groups excluding carboxylic acids is 2. The number of benzene rings is 1. The van der Waals surface area contributed by atoms with Crippen LogP contribution >= 0.6 is 34.5 Å². The Labute approximate surface area is 212 Å². The molecule has 2 aromatic heterocycles. The Bertz CT molecular complexity index is 1230. The van der Waals surface area contributed by atoms with E-state index in [2.05, 4.69) is 10.2 Å². The fraction of sp³-hybridized carbons (Fsp3) is 0.417. The van der Waals surface area contributed by atoms with E-state index in [1.165, 1.54) is 11.3 Å². The van der Waals surface area contributed by atoms with Crippen molar-refractivity contribution in [1.82, 2.24) is 15.1 Å². The van der Waals surface area contributed by atoms with Crippen LogP contribution in [0, 0.1) is 5.92 Å². The van der Waals surface area contributed by atoms with E-state index in [0.29, 0.717) is 34.3 Å². The minimum atomic E-state index is -0.629. The van der Waals surface area contributed by atoms with Crippen molar-refractivity contribution in [2.24, 2.45) is 11.7 Å². The van der Waals surface area contributed by atoms with Crippen LogP contribution in [0.25, 0.3) is 20.5 Å². The molecule has 0 bridgehead atoms. The van der Waals surface area contributed by atoms with Gasteiger partial charge in [0.2, 0.25) is 0 Å². The molecule has 1 saturated heterocycles. The highest BCUT2D eigenvalue weighted by molar-refractivity contribution is 7.22. The Morgan fingerprint density at radius 3 is 2.53 bits per heavy atom. The summed E-state index contributed by atoms with van der Waals surface area (Å²) in [5.74, 6) is -0.433. The maximum Gasteiger partial charge on any atom is 0.410 e. The second kappa shape index (κ2) is 9.68. The number of hydrogen-bond donors (Lipinski definition) is 1. The maximum atomic E-state index is 12.6. The van der Waals surface area contributed by atoms with Gasteiger partial charge >= 0.3 is 6.09 Å². The first-order valence-corrected chi connectivity index (χ1v) is 12.6. The normalized spacial score (nSPS) is 16.6. The number of likely N-dealkylation sites (tertiary alicyclic amines) is 1. The third-order valence-electron chi connectivity index (χ3n) is 5.56. The van der Waals surface area contributed by atoms with Gasteiger partial charge in [0, 0.05) is 33.4 Å². The van der Waals surface area contributed by atoms with Crippen LogP contribution in [0.5, 0.6) is 0 Å². The number of fused-ring (bicyclic) bond motifs is 1. The number of piperidine rings is 1. The first kappa shape index (κ1) is 24.7. The van der Waals surface area contributed by atoms with E-state index in [-0.39, 0.29) is 17.7 Å². The van der Waals surface area contributed by atoms with Crippen molar-refractivity contribution in [1.29, 1.82) is 0 Å². The van der Waals surface area contributed by atoms with Gasteiger partial charge in [-0.2, -0.15) is 5.10 Å². The monoisotopic (exact) mass is 520 g/mol. The lowest BCUT2D eigenvalue weighted by Gasteiger charge is -2.34. The Morgan fingerprint density at radius 1 is 1.18 bits per heavy atom. The number of ether oxygens (including phenoxy) is 1. The van der Waals surface area contributed by atoms with Gasteiger partial charge in [0.05, 0.1) is 10.4 Å². The average molecular weight is 521 g/mol. The smallest absolute Gasteiger partial charge is 0.410 e.